The number of nitrogens with zero attached hydrogens (tertiary/aromatic N) is 1. The highest BCUT2D eigenvalue weighted by Gasteiger charge is 2.23. The van der Waals surface area contributed by atoms with E-state index in [0.717, 1.165) is 41.0 Å². The molecule has 2 amide bonds. The minimum absolute atomic E-state index is 0.0323. The van der Waals surface area contributed by atoms with E-state index in [4.69, 9.17) is 4.74 Å². The first-order valence-corrected chi connectivity index (χ1v) is 14.1. The van der Waals surface area contributed by atoms with Crippen molar-refractivity contribution in [2.45, 2.75) is 65.1 Å². The molecule has 0 heterocycles. The minimum atomic E-state index is -0.832. The Hall–Kier alpha value is -3.68. The van der Waals surface area contributed by atoms with Crippen LogP contribution in [0, 0.1) is 6.92 Å². The van der Waals surface area contributed by atoms with Gasteiger partial charge >= 0.3 is 0 Å². The van der Waals surface area contributed by atoms with Gasteiger partial charge in [0.1, 0.15) is 5.75 Å². The van der Waals surface area contributed by atoms with Gasteiger partial charge in [0.25, 0.3) is 5.91 Å². The molecule has 0 aliphatic heterocycles. The van der Waals surface area contributed by atoms with Gasteiger partial charge in [-0.1, -0.05) is 62.7 Å². The third-order valence-electron chi connectivity index (χ3n) is 6.87. The van der Waals surface area contributed by atoms with Gasteiger partial charge in [0.05, 0.1) is 19.3 Å². The highest BCUT2D eigenvalue weighted by atomic mass is 16.5. The first-order valence-electron chi connectivity index (χ1n) is 14.1. The lowest BCUT2D eigenvalue weighted by Gasteiger charge is -2.26. The molecule has 3 aromatic carbocycles. The molecule has 3 N–H and O–H groups in total. The SMILES string of the molecule is CCCCN(C(=O)CC)c1cc(C)cc(C(=O)N[C@@H](Cc2ccccc2)[C@H](O)CNCc2cccc(OC)c2)c1. The van der Waals surface area contributed by atoms with Crippen LogP contribution >= 0.6 is 0 Å². The molecule has 0 bridgehead atoms. The second kappa shape index (κ2) is 15.8. The summed E-state index contributed by atoms with van der Waals surface area (Å²) in [6.07, 6.45) is 1.89. The molecule has 0 aliphatic rings. The molecule has 0 spiro atoms. The van der Waals surface area contributed by atoms with Gasteiger partial charge in [-0.2, -0.15) is 0 Å². The molecule has 2 atom stereocenters. The highest BCUT2D eigenvalue weighted by Crippen LogP contribution is 2.21. The molecule has 0 unspecified atom stereocenters. The number of nitrogens with one attached hydrogen (secondary N) is 2. The zero-order chi connectivity index (χ0) is 28.9. The van der Waals surface area contributed by atoms with Crippen LogP contribution in [-0.2, 0) is 17.8 Å². The molecule has 40 heavy (non-hydrogen) atoms. The van der Waals surface area contributed by atoms with Crippen LogP contribution in [0.3, 0.4) is 0 Å². The largest absolute Gasteiger partial charge is 0.497 e. The van der Waals surface area contributed by atoms with Gasteiger partial charge in [-0.15, -0.1) is 0 Å². The number of amides is 2. The molecule has 0 aliphatic carbocycles. The number of unbranched alkanes of at least 4 members (excludes halogenated alkanes) is 1. The van der Waals surface area contributed by atoms with Gasteiger partial charge in [0, 0.05) is 37.3 Å². The Balaban J connectivity index is 1.77. The minimum Gasteiger partial charge on any atom is -0.497 e. The van der Waals surface area contributed by atoms with E-state index >= 15 is 0 Å². The van der Waals surface area contributed by atoms with Crippen LogP contribution < -0.4 is 20.3 Å². The van der Waals surface area contributed by atoms with Crippen molar-refractivity contribution in [1.29, 1.82) is 0 Å². The number of carbonyl (C=O) groups excluding carboxylic acids is 2. The fraction of sp³-hybridized carbons (Fsp3) is 0.394. The smallest absolute Gasteiger partial charge is 0.251 e. The number of anilines is 1. The Morgan fingerprint density at radius 3 is 2.42 bits per heavy atom. The molecule has 0 aromatic heterocycles. The van der Waals surface area contributed by atoms with Crippen LogP contribution in [0.25, 0.3) is 0 Å². The van der Waals surface area contributed by atoms with E-state index in [-0.39, 0.29) is 11.8 Å². The number of aliphatic hydroxyl groups excluding tert-OH is 1. The van der Waals surface area contributed by atoms with Gasteiger partial charge in [-0.3, -0.25) is 9.59 Å². The number of ether oxygens (including phenoxy) is 1. The summed E-state index contributed by atoms with van der Waals surface area (Å²) in [5.74, 6) is 0.530. The highest BCUT2D eigenvalue weighted by molar-refractivity contribution is 5.98. The lowest BCUT2D eigenvalue weighted by Crippen LogP contribution is -2.48. The van der Waals surface area contributed by atoms with Crippen molar-refractivity contribution in [1.82, 2.24) is 10.6 Å². The van der Waals surface area contributed by atoms with E-state index in [1.54, 1.807) is 18.1 Å². The van der Waals surface area contributed by atoms with Crippen LogP contribution in [0.5, 0.6) is 5.75 Å². The molecule has 3 rings (SSSR count). The normalized spacial score (nSPS) is 12.4. The summed E-state index contributed by atoms with van der Waals surface area (Å²) < 4.78 is 5.30. The van der Waals surface area contributed by atoms with Crippen molar-refractivity contribution in [3.05, 3.63) is 95.1 Å². The average molecular weight is 546 g/mol. The maximum Gasteiger partial charge on any atom is 0.251 e. The zero-order valence-corrected chi connectivity index (χ0v) is 24.2. The number of aryl methyl sites for hydroxylation is 1. The van der Waals surface area contributed by atoms with Gasteiger partial charge in [0.2, 0.25) is 5.91 Å². The summed E-state index contributed by atoms with van der Waals surface area (Å²) in [5.41, 5.74) is 4.15. The molecular weight excluding hydrogens is 502 g/mol. The Kier molecular flexibility index (Phi) is 12.2. The summed E-state index contributed by atoms with van der Waals surface area (Å²) >= 11 is 0. The number of hydrogen-bond donors (Lipinski definition) is 3. The van der Waals surface area contributed by atoms with Crippen LogP contribution in [-0.4, -0.2) is 49.3 Å². The van der Waals surface area contributed by atoms with Crippen molar-refractivity contribution >= 4 is 17.5 Å². The van der Waals surface area contributed by atoms with Crippen LogP contribution in [0.4, 0.5) is 5.69 Å². The predicted molar refractivity (Wildman–Crippen MR) is 161 cm³/mol. The fourth-order valence-electron chi connectivity index (χ4n) is 4.65. The molecule has 0 radical (unpaired) electrons. The monoisotopic (exact) mass is 545 g/mol. The van der Waals surface area contributed by atoms with Gasteiger partial charge in [-0.05, 0) is 66.8 Å². The predicted octanol–water partition coefficient (Wildman–Crippen LogP) is 5.04. The number of rotatable bonds is 15. The van der Waals surface area contributed by atoms with Crippen molar-refractivity contribution in [3.8, 4) is 5.75 Å². The molecule has 0 saturated heterocycles. The first kappa shape index (κ1) is 30.9. The molecule has 0 fully saturated rings. The summed E-state index contributed by atoms with van der Waals surface area (Å²) in [7, 11) is 1.63. The number of methoxy groups -OCH3 is 1. The summed E-state index contributed by atoms with van der Waals surface area (Å²) in [5, 5.41) is 17.6. The van der Waals surface area contributed by atoms with E-state index in [2.05, 4.69) is 17.6 Å². The lowest BCUT2D eigenvalue weighted by atomic mass is 10.00. The Labute approximate surface area is 238 Å². The molecule has 3 aromatic rings. The molecule has 7 heteroatoms. The summed E-state index contributed by atoms with van der Waals surface area (Å²) in [6, 6.07) is 22.6. The quantitative estimate of drug-likeness (QED) is 0.249. The molecule has 0 saturated carbocycles. The van der Waals surface area contributed by atoms with Gasteiger partial charge in [0.15, 0.2) is 0 Å². The number of hydrogen-bond acceptors (Lipinski definition) is 5. The Morgan fingerprint density at radius 1 is 0.975 bits per heavy atom. The molecule has 7 nitrogen and oxygen atoms in total. The van der Waals surface area contributed by atoms with E-state index in [0.29, 0.717) is 38.0 Å². The number of benzene rings is 3. The third kappa shape index (κ3) is 9.21. The second-order valence-electron chi connectivity index (χ2n) is 10.1. The number of aliphatic hydroxyl groups is 1. The maximum atomic E-state index is 13.5. The van der Waals surface area contributed by atoms with Crippen molar-refractivity contribution in [3.63, 3.8) is 0 Å². The Morgan fingerprint density at radius 2 is 1.73 bits per heavy atom. The average Bonchev–Trinajstić information content (AvgIpc) is 2.97. The molecule has 214 valence electrons. The zero-order valence-electron chi connectivity index (χ0n) is 24.2. The van der Waals surface area contributed by atoms with Crippen molar-refractivity contribution in [2.24, 2.45) is 0 Å². The van der Waals surface area contributed by atoms with Crippen molar-refractivity contribution in [2.75, 3.05) is 25.1 Å². The van der Waals surface area contributed by atoms with E-state index in [1.807, 2.05) is 80.6 Å². The van der Waals surface area contributed by atoms with Crippen molar-refractivity contribution < 1.29 is 19.4 Å². The summed E-state index contributed by atoms with van der Waals surface area (Å²) in [4.78, 5) is 28.0. The first-order chi connectivity index (χ1) is 19.3. The Bertz CT molecular complexity index is 1230. The topological polar surface area (TPSA) is 90.9 Å². The summed E-state index contributed by atoms with van der Waals surface area (Å²) in [6.45, 7) is 7.33. The number of carbonyl (C=O) groups is 2. The van der Waals surface area contributed by atoms with E-state index in [9.17, 15) is 14.7 Å². The third-order valence-corrected chi connectivity index (χ3v) is 6.87. The standard InChI is InChI=1S/C33H43N3O4/c1-5-7-16-36(32(38)6-2)28-18-24(3)17-27(21-28)33(39)35-30(20-25-12-9-8-10-13-25)31(37)23-34-22-26-14-11-15-29(19-26)40-4/h8-15,17-19,21,30-31,34,37H,5-7,16,20,22-23H2,1-4H3,(H,35,39)/t30-,31+/m0/s1. The van der Waals surface area contributed by atoms with E-state index in [1.165, 1.54) is 0 Å². The maximum absolute atomic E-state index is 13.5. The molecular formula is C33H43N3O4. The van der Waals surface area contributed by atoms with E-state index < -0.39 is 12.1 Å². The fourth-order valence-corrected chi connectivity index (χ4v) is 4.65. The lowest BCUT2D eigenvalue weighted by molar-refractivity contribution is -0.118. The van der Waals surface area contributed by atoms with Crippen LogP contribution in [0.15, 0.2) is 72.8 Å². The van der Waals surface area contributed by atoms with Crippen LogP contribution in [0.2, 0.25) is 0 Å². The van der Waals surface area contributed by atoms with Gasteiger partial charge < -0.3 is 25.4 Å². The second-order valence-corrected chi connectivity index (χ2v) is 10.1. The van der Waals surface area contributed by atoms with Gasteiger partial charge in [-0.25, -0.2) is 0 Å². The van der Waals surface area contributed by atoms with Crippen LogP contribution in [0.1, 0.15) is 60.2 Å².